The first-order valence-corrected chi connectivity index (χ1v) is 5.53. The highest BCUT2D eigenvalue weighted by molar-refractivity contribution is 9.10. The molecule has 0 heterocycles. The van der Waals surface area contributed by atoms with Crippen LogP contribution in [0.2, 0.25) is 5.02 Å². The largest absolute Gasteiger partial charge is 0.370 e. The lowest BCUT2D eigenvalue weighted by Gasteiger charge is -2.19. The van der Waals surface area contributed by atoms with Gasteiger partial charge in [0, 0.05) is 17.6 Å². The lowest BCUT2D eigenvalue weighted by molar-refractivity contribution is 0.917. The van der Waals surface area contributed by atoms with Gasteiger partial charge >= 0.3 is 0 Å². The molecule has 0 radical (unpaired) electrons. The van der Waals surface area contributed by atoms with E-state index < -0.39 is 0 Å². The molecule has 1 saturated carbocycles. The van der Waals surface area contributed by atoms with Gasteiger partial charge < -0.3 is 4.90 Å². The van der Waals surface area contributed by atoms with Crippen molar-refractivity contribution in [3.05, 3.63) is 27.7 Å². The number of rotatable bonds is 2. The van der Waals surface area contributed by atoms with Crippen LogP contribution in [0.5, 0.6) is 0 Å². The fourth-order valence-corrected chi connectivity index (χ4v) is 2.23. The predicted octanol–water partition coefficient (Wildman–Crippen LogP) is 3.70. The normalized spacial score (nSPS) is 15.9. The van der Waals surface area contributed by atoms with Gasteiger partial charge in [0.05, 0.1) is 10.7 Å². The molecule has 13 heavy (non-hydrogen) atoms. The van der Waals surface area contributed by atoms with Crippen molar-refractivity contribution < 1.29 is 0 Å². The third-order valence-electron chi connectivity index (χ3n) is 2.38. The molecule has 1 aromatic rings. The molecular formula is C10H11BrClN. The van der Waals surface area contributed by atoms with Gasteiger partial charge in [-0.3, -0.25) is 0 Å². The quantitative estimate of drug-likeness (QED) is 0.784. The molecule has 1 aliphatic carbocycles. The van der Waals surface area contributed by atoms with Crippen molar-refractivity contribution in [1.82, 2.24) is 0 Å². The van der Waals surface area contributed by atoms with Crippen LogP contribution in [0.3, 0.4) is 0 Å². The molecule has 1 nitrogen and oxygen atoms in total. The number of hydrogen-bond acceptors (Lipinski definition) is 1. The number of hydrogen-bond donors (Lipinski definition) is 0. The summed E-state index contributed by atoms with van der Waals surface area (Å²) in [4.78, 5) is 2.26. The molecule has 0 spiro atoms. The van der Waals surface area contributed by atoms with Crippen LogP contribution in [0.1, 0.15) is 12.8 Å². The summed E-state index contributed by atoms with van der Waals surface area (Å²) >= 11 is 9.52. The average Bonchev–Trinajstić information content (AvgIpc) is 2.85. The molecule has 1 aliphatic rings. The first-order chi connectivity index (χ1) is 6.18. The van der Waals surface area contributed by atoms with Crippen LogP contribution in [0.15, 0.2) is 22.7 Å². The summed E-state index contributed by atoms with van der Waals surface area (Å²) < 4.78 is 1.03. The zero-order chi connectivity index (χ0) is 9.42. The smallest absolute Gasteiger partial charge is 0.0650 e. The van der Waals surface area contributed by atoms with Gasteiger partial charge in [-0.2, -0.15) is 0 Å². The van der Waals surface area contributed by atoms with Gasteiger partial charge in [0.2, 0.25) is 0 Å². The average molecular weight is 261 g/mol. The highest BCUT2D eigenvalue weighted by Crippen LogP contribution is 2.35. The SMILES string of the molecule is CN(c1ccc(Br)cc1Cl)C1CC1. The second-order valence-corrected chi connectivity index (χ2v) is 4.76. The molecule has 0 N–H and O–H groups in total. The topological polar surface area (TPSA) is 3.24 Å². The van der Waals surface area contributed by atoms with E-state index in [1.165, 1.54) is 12.8 Å². The van der Waals surface area contributed by atoms with Crippen molar-refractivity contribution in [3.8, 4) is 0 Å². The lowest BCUT2D eigenvalue weighted by atomic mass is 10.3. The molecule has 0 bridgehead atoms. The van der Waals surface area contributed by atoms with Crippen molar-refractivity contribution in [2.24, 2.45) is 0 Å². The van der Waals surface area contributed by atoms with Crippen molar-refractivity contribution in [2.75, 3.05) is 11.9 Å². The van der Waals surface area contributed by atoms with Crippen molar-refractivity contribution in [3.63, 3.8) is 0 Å². The van der Waals surface area contributed by atoms with Crippen LogP contribution in [0.4, 0.5) is 5.69 Å². The van der Waals surface area contributed by atoms with Crippen LogP contribution in [0, 0.1) is 0 Å². The summed E-state index contributed by atoms with van der Waals surface area (Å²) in [6.07, 6.45) is 2.59. The van der Waals surface area contributed by atoms with Crippen molar-refractivity contribution >= 4 is 33.2 Å². The van der Waals surface area contributed by atoms with Crippen molar-refractivity contribution in [2.45, 2.75) is 18.9 Å². The number of nitrogens with zero attached hydrogens (tertiary/aromatic N) is 1. The van der Waals surface area contributed by atoms with E-state index in [0.29, 0.717) is 6.04 Å². The summed E-state index contributed by atoms with van der Waals surface area (Å²) in [6.45, 7) is 0. The predicted molar refractivity (Wildman–Crippen MR) is 60.6 cm³/mol. The molecule has 1 fully saturated rings. The molecule has 0 saturated heterocycles. The maximum absolute atomic E-state index is 6.12. The summed E-state index contributed by atoms with van der Waals surface area (Å²) in [6, 6.07) is 6.74. The maximum Gasteiger partial charge on any atom is 0.0650 e. The Morgan fingerprint density at radius 3 is 2.69 bits per heavy atom. The van der Waals surface area contributed by atoms with E-state index in [9.17, 15) is 0 Å². The number of benzene rings is 1. The molecule has 0 atom stereocenters. The molecule has 0 aliphatic heterocycles. The molecule has 1 aromatic carbocycles. The second-order valence-electron chi connectivity index (χ2n) is 3.44. The molecule has 0 unspecified atom stereocenters. The van der Waals surface area contributed by atoms with E-state index in [1.807, 2.05) is 12.1 Å². The van der Waals surface area contributed by atoms with Gasteiger partial charge in [-0.1, -0.05) is 27.5 Å². The highest BCUT2D eigenvalue weighted by atomic mass is 79.9. The fraction of sp³-hybridized carbons (Fsp3) is 0.400. The van der Waals surface area contributed by atoms with Crippen LogP contribution in [-0.2, 0) is 0 Å². The monoisotopic (exact) mass is 259 g/mol. The van der Waals surface area contributed by atoms with E-state index in [0.717, 1.165) is 15.2 Å². The number of halogens is 2. The van der Waals surface area contributed by atoms with Gasteiger partial charge in [-0.25, -0.2) is 0 Å². The molecule has 0 amide bonds. The Morgan fingerprint density at radius 2 is 2.15 bits per heavy atom. The third-order valence-corrected chi connectivity index (χ3v) is 3.18. The van der Waals surface area contributed by atoms with Gasteiger partial charge in [0.15, 0.2) is 0 Å². The molecule has 0 aromatic heterocycles. The summed E-state index contributed by atoms with van der Waals surface area (Å²) in [5, 5.41) is 0.823. The molecular weight excluding hydrogens is 249 g/mol. The minimum Gasteiger partial charge on any atom is -0.370 e. The Kier molecular flexibility index (Phi) is 2.52. The van der Waals surface area contributed by atoms with E-state index in [4.69, 9.17) is 11.6 Å². The van der Waals surface area contributed by atoms with Crippen molar-refractivity contribution in [1.29, 1.82) is 0 Å². The minimum atomic E-state index is 0.707. The second kappa shape index (κ2) is 3.50. The summed E-state index contributed by atoms with van der Waals surface area (Å²) in [5.41, 5.74) is 1.13. The number of anilines is 1. The Bertz CT molecular complexity index is 323. The third kappa shape index (κ3) is 2.00. The van der Waals surface area contributed by atoms with Crippen LogP contribution in [-0.4, -0.2) is 13.1 Å². The lowest BCUT2D eigenvalue weighted by Crippen LogP contribution is -2.19. The Hall–Kier alpha value is -0.210. The van der Waals surface area contributed by atoms with Gasteiger partial charge in [0.25, 0.3) is 0 Å². The van der Waals surface area contributed by atoms with E-state index in [1.54, 1.807) is 0 Å². The van der Waals surface area contributed by atoms with E-state index in [2.05, 4.69) is 33.9 Å². The fourth-order valence-electron chi connectivity index (χ4n) is 1.43. The first kappa shape index (κ1) is 9.35. The molecule has 2 rings (SSSR count). The zero-order valence-electron chi connectivity index (χ0n) is 7.43. The Labute approximate surface area is 91.8 Å². The van der Waals surface area contributed by atoms with Crippen LogP contribution in [0.25, 0.3) is 0 Å². The van der Waals surface area contributed by atoms with Gasteiger partial charge in [-0.15, -0.1) is 0 Å². The Morgan fingerprint density at radius 1 is 1.46 bits per heavy atom. The van der Waals surface area contributed by atoms with E-state index >= 15 is 0 Å². The summed E-state index contributed by atoms with van der Waals surface area (Å²) in [7, 11) is 2.10. The molecule has 3 heteroatoms. The maximum atomic E-state index is 6.12. The van der Waals surface area contributed by atoms with E-state index in [-0.39, 0.29) is 0 Å². The highest BCUT2D eigenvalue weighted by Gasteiger charge is 2.27. The minimum absolute atomic E-state index is 0.707. The Balaban J connectivity index is 2.28. The van der Waals surface area contributed by atoms with Crippen LogP contribution < -0.4 is 4.90 Å². The zero-order valence-corrected chi connectivity index (χ0v) is 9.77. The van der Waals surface area contributed by atoms with Gasteiger partial charge in [-0.05, 0) is 31.0 Å². The van der Waals surface area contributed by atoms with Crippen LogP contribution >= 0.6 is 27.5 Å². The summed E-state index contributed by atoms with van der Waals surface area (Å²) in [5.74, 6) is 0. The standard InChI is InChI=1S/C10H11BrClN/c1-13(8-3-4-8)10-5-2-7(11)6-9(10)12/h2,5-6,8H,3-4H2,1H3. The molecule has 70 valence electrons. The first-order valence-electron chi connectivity index (χ1n) is 4.36. The van der Waals surface area contributed by atoms with Gasteiger partial charge in [0.1, 0.15) is 0 Å².